The number of anilines is 1. The fraction of sp³-hybridized carbons (Fsp3) is 0.333. The van der Waals surface area contributed by atoms with Crippen LogP contribution in [0.1, 0.15) is 17.5 Å². The fourth-order valence-corrected chi connectivity index (χ4v) is 1.75. The third-order valence-electron chi connectivity index (χ3n) is 2.38. The topological polar surface area (TPSA) is 78.4 Å². The number of carboxylic acid groups (broad SMARTS) is 1. The molecule has 2 amide bonds. The van der Waals surface area contributed by atoms with Gasteiger partial charge in [-0.2, -0.15) is 0 Å². The summed E-state index contributed by atoms with van der Waals surface area (Å²) in [7, 11) is 0. The molecule has 0 aliphatic rings. The van der Waals surface area contributed by atoms with Crippen molar-refractivity contribution in [2.24, 2.45) is 0 Å². The van der Waals surface area contributed by atoms with Crippen molar-refractivity contribution in [2.75, 3.05) is 11.9 Å². The first-order chi connectivity index (χ1) is 8.40. The summed E-state index contributed by atoms with van der Waals surface area (Å²) in [5.41, 5.74) is 2.73. The molecule has 0 aliphatic heterocycles. The molecule has 0 aromatic heterocycles. The number of rotatable bonds is 4. The van der Waals surface area contributed by atoms with E-state index in [1.165, 1.54) is 0 Å². The molecular weight excluding hydrogens is 300 g/mol. The summed E-state index contributed by atoms with van der Waals surface area (Å²) in [5.74, 6) is -0.940. The number of carboxylic acids is 1. The quantitative estimate of drug-likeness (QED) is 0.799. The van der Waals surface area contributed by atoms with Crippen LogP contribution in [0.15, 0.2) is 16.6 Å². The molecule has 0 saturated carbocycles. The first-order valence-electron chi connectivity index (χ1n) is 5.43. The average molecular weight is 315 g/mol. The van der Waals surface area contributed by atoms with Crippen molar-refractivity contribution < 1.29 is 14.7 Å². The van der Waals surface area contributed by atoms with E-state index in [-0.39, 0.29) is 13.0 Å². The zero-order valence-electron chi connectivity index (χ0n) is 10.2. The molecule has 0 radical (unpaired) electrons. The Labute approximate surface area is 114 Å². The number of hydrogen-bond acceptors (Lipinski definition) is 2. The van der Waals surface area contributed by atoms with E-state index in [1.54, 1.807) is 0 Å². The monoisotopic (exact) mass is 314 g/mol. The molecule has 3 N–H and O–H groups in total. The van der Waals surface area contributed by atoms with E-state index in [9.17, 15) is 9.59 Å². The minimum absolute atomic E-state index is 0.0933. The second-order valence-corrected chi connectivity index (χ2v) is 4.80. The Bertz CT molecular complexity index is 475. The van der Waals surface area contributed by atoms with E-state index in [0.717, 1.165) is 15.6 Å². The number of amides is 2. The molecule has 98 valence electrons. The van der Waals surface area contributed by atoms with Gasteiger partial charge in [0.1, 0.15) is 0 Å². The Morgan fingerprint density at radius 3 is 2.56 bits per heavy atom. The lowest BCUT2D eigenvalue weighted by Gasteiger charge is -2.11. The van der Waals surface area contributed by atoms with Gasteiger partial charge in [-0.25, -0.2) is 4.79 Å². The van der Waals surface area contributed by atoms with Crippen LogP contribution < -0.4 is 10.6 Å². The van der Waals surface area contributed by atoms with Crippen LogP contribution in [0.2, 0.25) is 0 Å². The highest BCUT2D eigenvalue weighted by atomic mass is 79.9. The summed E-state index contributed by atoms with van der Waals surface area (Å²) < 4.78 is 0.911. The highest BCUT2D eigenvalue weighted by molar-refractivity contribution is 9.10. The van der Waals surface area contributed by atoms with Gasteiger partial charge in [-0.3, -0.25) is 4.79 Å². The van der Waals surface area contributed by atoms with Crippen LogP contribution in [-0.4, -0.2) is 23.7 Å². The second kappa shape index (κ2) is 6.39. The number of nitrogens with one attached hydrogen (secondary N) is 2. The maximum atomic E-state index is 11.5. The molecule has 0 saturated heterocycles. The average Bonchev–Trinajstić information content (AvgIpc) is 2.25. The molecule has 0 unspecified atom stereocenters. The smallest absolute Gasteiger partial charge is 0.319 e. The van der Waals surface area contributed by atoms with Gasteiger partial charge < -0.3 is 15.7 Å². The van der Waals surface area contributed by atoms with Gasteiger partial charge in [-0.15, -0.1) is 0 Å². The third-order valence-corrected chi connectivity index (χ3v) is 3.23. The molecule has 6 heteroatoms. The van der Waals surface area contributed by atoms with Gasteiger partial charge in [-0.1, -0.05) is 22.0 Å². The van der Waals surface area contributed by atoms with Gasteiger partial charge >= 0.3 is 12.0 Å². The van der Waals surface area contributed by atoms with Crippen molar-refractivity contribution in [3.63, 3.8) is 0 Å². The number of benzene rings is 1. The van der Waals surface area contributed by atoms with E-state index in [4.69, 9.17) is 5.11 Å². The number of aryl methyl sites for hydroxylation is 2. The zero-order chi connectivity index (χ0) is 13.7. The van der Waals surface area contributed by atoms with Crippen molar-refractivity contribution in [3.8, 4) is 0 Å². The van der Waals surface area contributed by atoms with Crippen LogP contribution in [0.25, 0.3) is 0 Å². The number of hydrogen-bond donors (Lipinski definition) is 3. The van der Waals surface area contributed by atoms with Crippen LogP contribution in [-0.2, 0) is 4.79 Å². The molecular formula is C12H15BrN2O3. The summed E-state index contributed by atoms with van der Waals surface area (Å²) >= 11 is 3.39. The van der Waals surface area contributed by atoms with Crippen molar-refractivity contribution in [3.05, 3.63) is 27.7 Å². The largest absolute Gasteiger partial charge is 0.481 e. The minimum atomic E-state index is -0.940. The maximum absolute atomic E-state index is 11.5. The summed E-state index contributed by atoms with van der Waals surface area (Å²) in [4.78, 5) is 21.8. The molecule has 0 spiro atoms. The molecule has 1 aromatic rings. The maximum Gasteiger partial charge on any atom is 0.319 e. The van der Waals surface area contributed by atoms with Crippen molar-refractivity contribution in [1.82, 2.24) is 5.32 Å². The summed E-state index contributed by atoms with van der Waals surface area (Å²) in [6, 6.07) is 3.37. The van der Waals surface area contributed by atoms with E-state index >= 15 is 0 Å². The second-order valence-electron chi connectivity index (χ2n) is 3.94. The van der Waals surface area contributed by atoms with Gasteiger partial charge in [-0.05, 0) is 31.0 Å². The first-order valence-corrected chi connectivity index (χ1v) is 6.23. The third kappa shape index (κ3) is 4.37. The van der Waals surface area contributed by atoms with Crippen LogP contribution in [0, 0.1) is 13.8 Å². The van der Waals surface area contributed by atoms with Gasteiger partial charge in [0, 0.05) is 16.7 Å². The number of aliphatic carboxylic acids is 1. The number of carbonyl (C=O) groups excluding carboxylic acids is 1. The summed E-state index contributed by atoms with van der Waals surface area (Å²) in [5, 5.41) is 13.6. The lowest BCUT2D eigenvalue weighted by atomic mass is 10.1. The lowest BCUT2D eigenvalue weighted by Crippen LogP contribution is -2.30. The molecule has 1 rings (SSSR count). The Balaban J connectivity index is 2.59. The molecule has 5 nitrogen and oxygen atoms in total. The Morgan fingerprint density at radius 2 is 1.94 bits per heavy atom. The van der Waals surface area contributed by atoms with Crippen molar-refractivity contribution in [2.45, 2.75) is 20.3 Å². The molecule has 0 bridgehead atoms. The zero-order valence-corrected chi connectivity index (χ0v) is 11.8. The highest BCUT2D eigenvalue weighted by Gasteiger charge is 2.07. The van der Waals surface area contributed by atoms with Gasteiger partial charge in [0.05, 0.1) is 6.42 Å². The lowest BCUT2D eigenvalue weighted by molar-refractivity contribution is -0.136. The van der Waals surface area contributed by atoms with E-state index in [1.807, 2.05) is 26.0 Å². The predicted octanol–water partition coefficient (Wildman–Crippen LogP) is 2.66. The molecule has 18 heavy (non-hydrogen) atoms. The standard InChI is InChI=1S/C12H15BrN2O3/c1-7-5-8(2)10(6-9(7)13)15-12(18)14-4-3-11(16)17/h5-6H,3-4H2,1-2H3,(H,16,17)(H2,14,15,18). The molecule has 0 atom stereocenters. The summed E-state index contributed by atoms with van der Waals surface area (Å²) in [6.07, 6.45) is -0.0933. The minimum Gasteiger partial charge on any atom is -0.481 e. The Hall–Kier alpha value is -1.56. The van der Waals surface area contributed by atoms with Crippen molar-refractivity contribution in [1.29, 1.82) is 0 Å². The van der Waals surface area contributed by atoms with Gasteiger partial charge in [0.2, 0.25) is 0 Å². The van der Waals surface area contributed by atoms with Crippen LogP contribution in [0.5, 0.6) is 0 Å². The van der Waals surface area contributed by atoms with Gasteiger partial charge in [0.25, 0.3) is 0 Å². The fourth-order valence-electron chi connectivity index (χ4n) is 1.41. The summed E-state index contributed by atoms with van der Waals surface area (Å²) in [6.45, 7) is 3.97. The molecule has 0 heterocycles. The van der Waals surface area contributed by atoms with Crippen LogP contribution >= 0.6 is 15.9 Å². The normalized spacial score (nSPS) is 9.94. The highest BCUT2D eigenvalue weighted by Crippen LogP contribution is 2.24. The van der Waals surface area contributed by atoms with Gasteiger partial charge in [0.15, 0.2) is 0 Å². The number of carbonyl (C=O) groups is 2. The van der Waals surface area contributed by atoms with Crippen LogP contribution in [0.3, 0.4) is 0 Å². The molecule has 0 aliphatic carbocycles. The molecule has 1 aromatic carbocycles. The Morgan fingerprint density at radius 1 is 1.28 bits per heavy atom. The number of halogens is 1. The SMILES string of the molecule is Cc1cc(C)c(NC(=O)NCCC(=O)O)cc1Br. The number of urea groups is 1. The van der Waals surface area contributed by atoms with E-state index < -0.39 is 12.0 Å². The van der Waals surface area contributed by atoms with Crippen molar-refractivity contribution >= 4 is 33.6 Å². The molecule has 0 fully saturated rings. The van der Waals surface area contributed by atoms with E-state index in [2.05, 4.69) is 26.6 Å². The van der Waals surface area contributed by atoms with E-state index in [0.29, 0.717) is 5.69 Å². The first kappa shape index (κ1) is 14.5. The Kier molecular flexibility index (Phi) is 5.15. The predicted molar refractivity (Wildman–Crippen MR) is 72.9 cm³/mol. The van der Waals surface area contributed by atoms with Crippen LogP contribution in [0.4, 0.5) is 10.5 Å².